The Bertz CT molecular complexity index is 112. The van der Waals surface area contributed by atoms with Crippen LogP contribution in [0.25, 0.3) is 0 Å². The van der Waals surface area contributed by atoms with Gasteiger partial charge in [-0.15, -0.1) is 0 Å². The van der Waals surface area contributed by atoms with E-state index in [1.165, 1.54) is 4.90 Å². The fourth-order valence-corrected chi connectivity index (χ4v) is 0.774. The van der Waals surface area contributed by atoms with Crippen LogP contribution >= 0.6 is 0 Å². The molecule has 0 atom stereocenters. The van der Waals surface area contributed by atoms with Gasteiger partial charge in [0.25, 0.3) is 0 Å². The van der Waals surface area contributed by atoms with Crippen molar-refractivity contribution < 1.29 is 9.90 Å². The number of amides is 1. The summed E-state index contributed by atoms with van der Waals surface area (Å²) in [6.45, 7) is 6.84. The molecule has 10 heavy (non-hydrogen) atoms. The predicted octanol–water partition coefficient (Wildman–Crippen LogP) is 1.51. The first-order chi connectivity index (χ1) is 4.57. The van der Waals surface area contributed by atoms with Crippen LogP contribution in [0.15, 0.2) is 0 Å². The summed E-state index contributed by atoms with van der Waals surface area (Å²) < 4.78 is 0. The zero-order valence-corrected chi connectivity index (χ0v) is 6.76. The second-order valence-corrected chi connectivity index (χ2v) is 2.70. The Labute approximate surface area is 61.6 Å². The van der Waals surface area contributed by atoms with Crippen molar-refractivity contribution in [3.63, 3.8) is 0 Å². The maximum absolute atomic E-state index is 10.3. The first-order valence-electron chi connectivity index (χ1n) is 3.53. The van der Waals surface area contributed by atoms with Gasteiger partial charge in [0.15, 0.2) is 0 Å². The van der Waals surface area contributed by atoms with Crippen molar-refractivity contribution in [1.29, 1.82) is 0 Å². The highest BCUT2D eigenvalue weighted by atomic mass is 16.4. The number of hydrogen-bond acceptors (Lipinski definition) is 1. The van der Waals surface area contributed by atoms with Crippen LogP contribution in [0.5, 0.6) is 0 Å². The molecule has 1 amide bonds. The van der Waals surface area contributed by atoms with Crippen molar-refractivity contribution in [3.8, 4) is 0 Å². The molecule has 0 bridgehead atoms. The molecular formula is C7H14NO2. The zero-order valence-electron chi connectivity index (χ0n) is 6.76. The molecular weight excluding hydrogens is 130 g/mol. The van der Waals surface area contributed by atoms with Gasteiger partial charge in [0.05, 0.1) is 0 Å². The van der Waals surface area contributed by atoms with Gasteiger partial charge in [0.2, 0.25) is 0 Å². The smallest absolute Gasteiger partial charge is 0.305 e. The highest BCUT2D eigenvalue weighted by Gasteiger charge is 2.11. The largest absolute Gasteiger partial charge is 0.453 e. The van der Waals surface area contributed by atoms with E-state index in [-0.39, 0.29) is 0 Å². The molecule has 0 saturated heterocycles. The van der Waals surface area contributed by atoms with Crippen LogP contribution in [0.3, 0.4) is 0 Å². The molecule has 3 nitrogen and oxygen atoms in total. The summed E-state index contributed by atoms with van der Waals surface area (Å²) in [7, 11) is 0. The normalized spacial score (nSPS) is 10.0. The van der Waals surface area contributed by atoms with E-state index in [1.807, 2.05) is 13.8 Å². The Morgan fingerprint density at radius 3 is 2.10 bits per heavy atom. The van der Waals surface area contributed by atoms with Gasteiger partial charge in [-0.05, 0) is 12.8 Å². The first kappa shape index (κ1) is 9.27. The highest BCUT2D eigenvalue weighted by molar-refractivity contribution is 5.64. The average molecular weight is 144 g/mol. The summed E-state index contributed by atoms with van der Waals surface area (Å²) in [5, 5.41) is 10.3. The fourth-order valence-electron chi connectivity index (χ4n) is 0.774. The molecule has 0 aromatic carbocycles. The molecule has 0 aromatic rings. The van der Waals surface area contributed by atoms with Crippen LogP contribution in [0.1, 0.15) is 20.8 Å². The molecule has 0 aromatic heterocycles. The average Bonchev–Trinajstić information content (AvgIpc) is 1.81. The van der Waals surface area contributed by atoms with Crippen molar-refractivity contribution >= 4 is 6.09 Å². The third-order valence-electron chi connectivity index (χ3n) is 1.23. The lowest BCUT2D eigenvalue weighted by Crippen LogP contribution is -2.31. The summed E-state index contributed by atoms with van der Waals surface area (Å²) in [6.07, 6.45) is -1.07. The lowest BCUT2D eigenvalue weighted by molar-refractivity contribution is 0.117. The summed E-state index contributed by atoms with van der Waals surface area (Å²) in [4.78, 5) is 11.6. The summed E-state index contributed by atoms with van der Waals surface area (Å²) in [6, 6.07) is 0. The lowest BCUT2D eigenvalue weighted by Gasteiger charge is -2.17. The number of rotatable bonds is 3. The van der Waals surface area contributed by atoms with Crippen LogP contribution in [0.4, 0.5) is 4.79 Å². The van der Waals surface area contributed by atoms with Gasteiger partial charge in [0.1, 0.15) is 0 Å². The molecule has 0 aliphatic carbocycles. The number of hydrogen-bond donors (Lipinski definition) is 0. The minimum atomic E-state index is -1.07. The maximum atomic E-state index is 10.3. The Balaban J connectivity index is 3.72. The lowest BCUT2D eigenvalue weighted by atomic mass is 10.2. The number of carbonyl (C=O) groups is 1. The first-order valence-corrected chi connectivity index (χ1v) is 3.53. The molecule has 0 aliphatic rings. The SMILES string of the molecule is CCN(CC(C)C)C([O])=O. The van der Waals surface area contributed by atoms with Crippen molar-refractivity contribution in [1.82, 2.24) is 4.90 Å². The molecule has 0 rings (SSSR count). The molecule has 0 spiro atoms. The Kier molecular flexibility index (Phi) is 3.84. The third-order valence-corrected chi connectivity index (χ3v) is 1.23. The molecule has 0 saturated carbocycles. The van der Waals surface area contributed by atoms with Crippen molar-refractivity contribution in [3.05, 3.63) is 0 Å². The van der Waals surface area contributed by atoms with Crippen LogP contribution < -0.4 is 0 Å². The van der Waals surface area contributed by atoms with Crippen molar-refractivity contribution in [2.45, 2.75) is 20.8 Å². The second-order valence-electron chi connectivity index (χ2n) is 2.70. The van der Waals surface area contributed by atoms with Gasteiger partial charge in [-0.3, -0.25) is 0 Å². The van der Waals surface area contributed by atoms with Crippen LogP contribution in [-0.2, 0) is 5.11 Å². The molecule has 0 fully saturated rings. The van der Waals surface area contributed by atoms with Crippen LogP contribution in [0, 0.1) is 5.92 Å². The quantitative estimate of drug-likeness (QED) is 0.592. The van der Waals surface area contributed by atoms with Gasteiger partial charge >= 0.3 is 6.09 Å². The van der Waals surface area contributed by atoms with E-state index in [0.29, 0.717) is 19.0 Å². The van der Waals surface area contributed by atoms with Crippen molar-refractivity contribution in [2.75, 3.05) is 13.1 Å². The molecule has 0 N–H and O–H groups in total. The van der Waals surface area contributed by atoms with Gasteiger partial charge < -0.3 is 4.90 Å². The molecule has 0 unspecified atom stereocenters. The van der Waals surface area contributed by atoms with Crippen LogP contribution in [-0.4, -0.2) is 24.1 Å². The Hall–Kier alpha value is -0.730. The molecule has 0 aliphatic heterocycles. The summed E-state index contributed by atoms with van der Waals surface area (Å²) >= 11 is 0. The minimum Gasteiger partial charge on any atom is -0.305 e. The van der Waals surface area contributed by atoms with E-state index in [9.17, 15) is 9.90 Å². The topological polar surface area (TPSA) is 40.2 Å². The zero-order chi connectivity index (χ0) is 8.15. The van der Waals surface area contributed by atoms with E-state index in [1.54, 1.807) is 6.92 Å². The predicted molar refractivity (Wildman–Crippen MR) is 38.2 cm³/mol. The maximum Gasteiger partial charge on any atom is 0.453 e. The third kappa shape index (κ3) is 3.33. The van der Waals surface area contributed by atoms with Gasteiger partial charge in [-0.1, -0.05) is 13.8 Å². The Morgan fingerprint density at radius 1 is 1.50 bits per heavy atom. The highest BCUT2D eigenvalue weighted by Crippen LogP contribution is 1.97. The monoisotopic (exact) mass is 144 g/mol. The fraction of sp³-hybridized carbons (Fsp3) is 0.857. The molecule has 0 heterocycles. The molecule has 3 heteroatoms. The van der Waals surface area contributed by atoms with E-state index in [0.717, 1.165) is 0 Å². The van der Waals surface area contributed by atoms with Crippen LogP contribution in [0.2, 0.25) is 0 Å². The number of nitrogens with zero attached hydrogens (tertiary/aromatic N) is 1. The van der Waals surface area contributed by atoms with Crippen molar-refractivity contribution in [2.24, 2.45) is 5.92 Å². The molecule has 1 radical (unpaired) electrons. The minimum absolute atomic E-state index is 0.373. The van der Waals surface area contributed by atoms with E-state index < -0.39 is 6.09 Å². The van der Waals surface area contributed by atoms with Gasteiger partial charge in [-0.2, -0.15) is 0 Å². The summed E-state index contributed by atoms with van der Waals surface area (Å²) in [5.41, 5.74) is 0. The Morgan fingerprint density at radius 2 is 2.00 bits per heavy atom. The summed E-state index contributed by atoms with van der Waals surface area (Å²) in [5.74, 6) is 0.373. The van der Waals surface area contributed by atoms with E-state index in [4.69, 9.17) is 0 Å². The van der Waals surface area contributed by atoms with Gasteiger partial charge in [0, 0.05) is 13.1 Å². The second kappa shape index (κ2) is 4.14. The van der Waals surface area contributed by atoms with E-state index in [2.05, 4.69) is 0 Å². The van der Waals surface area contributed by atoms with Gasteiger partial charge in [-0.25, -0.2) is 9.90 Å². The standard InChI is InChI=1S/C7H14NO2/c1-4-8(7(9)10)5-6(2)3/h6H,4-5H2,1-3H3. The van der Waals surface area contributed by atoms with E-state index >= 15 is 0 Å². The molecule has 59 valence electrons. The number of carbonyl (C=O) groups excluding carboxylic acids is 1.